The molecule has 2 aromatic heterocycles. The molecule has 0 saturated heterocycles. The highest BCUT2D eigenvalue weighted by Crippen LogP contribution is 2.44. The molecule has 2 aromatic rings. The van der Waals surface area contributed by atoms with Gasteiger partial charge in [-0.3, -0.25) is 13.9 Å². The molecule has 94 valence electrons. The van der Waals surface area contributed by atoms with Crippen LogP contribution in [-0.4, -0.2) is 14.1 Å². The van der Waals surface area contributed by atoms with Crippen LogP contribution < -0.4 is 17.0 Å². The number of rotatable bonds is 1. The Kier molecular flexibility index (Phi) is 2.10. The van der Waals surface area contributed by atoms with Gasteiger partial charge >= 0.3 is 5.69 Å². The molecule has 0 atom stereocenters. The fourth-order valence-electron chi connectivity index (χ4n) is 2.38. The number of pyridine rings is 1. The van der Waals surface area contributed by atoms with Crippen LogP contribution in [0.2, 0.25) is 0 Å². The molecule has 2 heterocycles. The molecule has 6 heteroatoms. The fourth-order valence-corrected chi connectivity index (χ4v) is 2.38. The molecule has 2 N–H and O–H groups in total. The number of anilines is 1. The van der Waals surface area contributed by atoms with E-state index < -0.39 is 0 Å². The molecule has 0 spiro atoms. The third-order valence-electron chi connectivity index (χ3n) is 3.53. The number of aryl methyl sites for hydroxylation is 1. The number of fused-ring (bicyclic) bond motifs is 1. The Bertz CT molecular complexity index is 768. The molecule has 1 aliphatic carbocycles. The van der Waals surface area contributed by atoms with E-state index in [-0.39, 0.29) is 11.2 Å². The molecule has 0 radical (unpaired) electrons. The van der Waals surface area contributed by atoms with E-state index in [0.717, 1.165) is 23.0 Å². The highest BCUT2D eigenvalue weighted by atomic mass is 16.2. The van der Waals surface area contributed by atoms with Crippen molar-refractivity contribution in [1.29, 1.82) is 0 Å². The van der Waals surface area contributed by atoms with Crippen molar-refractivity contribution in [2.75, 3.05) is 5.73 Å². The zero-order valence-corrected chi connectivity index (χ0v) is 10.3. The van der Waals surface area contributed by atoms with Crippen LogP contribution in [0.15, 0.2) is 15.8 Å². The van der Waals surface area contributed by atoms with Gasteiger partial charge in [-0.25, -0.2) is 9.78 Å². The summed E-state index contributed by atoms with van der Waals surface area (Å²) in [6.45, 7) is 0. The highest BCUT2D eigenvalue weighted by Gasteiger charge is 2.30. The van der Waals surface area contributed by atoms with Crippen molar-refractivity contribution in [1.82, 2.24) is 14.1 Å². The van der Waals surface area contributed by atoms with Crippen LogP contribution in [0, 0.1) is 0 Å². The summed E-state index contributed by atoms with van der Waals surface area (Å²) in [6.07, 6.45) is 3.61. The first-order chi connectivity index (χ1) is 8.52. The van der Waals surface area contributed by atoms with E-state index in [9.17, 15) is 9.59 Å². The number of hydrogen-bond donors (Lipinski definition) is 1. The minimum Gasteiger partial charge on any atom is -0.397 e. The summed E-state index contributed by atoms with van der Waals surface area (Å²) >= 11 is 0. The molecular formula is C12H14N4O2. The standard InChI is InChI=1S/C12H14N4O2/c1-15-10-9(11(17)16(2)12(15)18)8(6-3-4-6)7(13)5-14-10/h5-6H,3-4,13H2,1-2H3. The maximum atomic E-state index is 12.3. The van der Waals surface area contributed by atoms with E-state index in [4.69, 9.17) is 5.73 Å². The molecule has 6 nitrogen and oxygen atoms in total. The molecule has 3 rings (SSSR count). The van der Waals surface area contributed by atoms with Crippen LogP contribution in [0.4, 0.5) is 5.69 Å². The van der Waals surface area contributed by atoms with E-state index in [0.29, 0.717) is 22.6 Å². The third kappa shape index (κ3) is 1.32. The summed E-state index contributed by atoms with van der Waals surface area (Å²) in [7, 11) is 3.09. The molecular weight excluding hydrogens is 232 g/mol. The summed E-state index contributed by atoms with van der Waals surface area (Å²) in [5, 5.41) is 0.488. The zero-order chi connectivity index (χ0) is 13.0. The second kappa shape index (κ2) is 3.44. The van der Waals surface area contributed by atoms with E-state index in [2.05, 4.69) is 4.98 Å². The van der Waals surface area contributed by atoms with Gasteiger partial charge in [-0.2, -0.15) is 0 Å². The van der Waals surface area contributed by atoms with Gasteiger partial charge in [0.1, 0.15) is 5.65 Å². The highest BCUT2D eigenvalue weighted by molar-refractivity contribution is 5.84. The Labute approximate surface area is 103 Å². The van der Waals surface area contributed by atoms with Gasteiger partial charge in [0.15, 0.2) is 0 Å². The van der Waals surface area contributed by atoms with Gasteiger partial charge in [-0.15, -0.1) is 0 Å². The van der Waals surface area contributed by atoms with Crippen molar-refractivity contribution in [3.63, 3.8) is 0 Å². The minimum atomic E-state index is -0.369. The van der Waals surface area contributed by atoms with Gasteiger partial charge in [0.25, 0.3) is 5.56 Å². The number of nitrogens with zero attached hydrogens (tertiary/aromatic N) is 3. The lowest BCUT2D eigenvalue weighted by atomic mass is 10.1. The first-order valence-electron chi connectivity index (χ1n) is 5.86. The third-order valence-corrected chi connectivity index (χ3v) is 3.53. The summed E-state index contributed by atoms with van der Waals surface area (Å²) in [5.74, 6) is 0.334. The molecule has 0 bridgehead atoms. The van der Waals surface area contributed by atoms with Crippen molar-refractivity contribution in [2.24, 2.45) is 14.1 Å². The van der Waals surface area contributed by atoms with E-state index in [1.807, 2.05) is 0 Å². The lowest BCUT2D eigenvalue weighted by Gasteiger charge is -2.11. The van der Waals surface area contributed by atoms with Crippen molar-refractivity contribution < 1.29 is 0 Å². The molecule has 1 aliphatic rings. The van der Waals surface area contributed by atoms with Crippen molar-refractivity contribution in [3.8, 4) is 0 Å². The lowest BCUT2D eigenvalue weighted by molar-refractivity contribution is 0.706. The second-order valence-electron chi connectivity index (χ2n) is 4.81. The van der Waals surface area contributed by atoms with Crippen LogP contribution >= 0.6 is 0 Å². The SMILES string of the molecule is Cn1c(=O)c2c(C3CC3)c(N)cnc2n(C)c1=O. The Morgan fingerprint density at radius 1 is 1.28 bits per heavy atom. The number of nitrogen functional groups attached to an aromatic ring is 1. The average Bonchev–Trinajstić information content (AvgIpc) is 3.17. The van der Waals surface area contributed by atoms with Crippen molar-refractivity contribution in [3.05, 3.63) is 32.6 Å². The maximum Gasteiger partial charge on any atom is 0.332 e. The number of aromatic nitrogens is 3. The van der Waals surface area contributed by atoms with Crippen molar-refractivity contribution >= 4 is 16.7 Å². The predicted molar refractivity (Wildman–Crippen MR) is 68.6 cm³/mol. The number of hydrogen-bond acceptors (Lipinski definition) is 4. The topological polar surface area (TPSA) is 82.9 Å². The van der Waals surface area contributed by atoms with Crippen LogP contribution in [0.1, 0.15) is 24.3 Å². The zero-order valence-electron chi connectivity index (χ0n) is 10.3. The van der Waals surface area contributed by atoms with E-state index >= 15 is 0 Å². The summed E-state index contributed by atoms with van der Waals surface area (Å²) in [6, 6.07) is 0. The van der Waals surface area contributed by atoms with Gasteiger partial charge in [-0.1, -0.05) is 0 Å². The predicted octanol–water partition coefficient (Wildman–Crippen LogP) is 0.0918. The van der Waals surface area contributed by atoms with Gasteiger partial charge in [0, 0.05) is 14.1 Å². The second-order valence-corrected chi connectivity index (χ2v) is 4.81. The van der Waals surface area contributed by atoms with Gasteiger partial charge in [-0.05, 0) is 24.3 Å². The lowest BCUT2D eigenvalue weighted by Crippen LogP contribution is -2.37. The first kappa shape index (κ1) is 11.0. The van der Waals surface area contributed by atoms with Crippen LogP contribution in [0.5, 0.6) is 0 Å². The van der Waals surface area contributed by atoms with Crippen LogP contribution in [-0.2, 0) is 14.1 Å². The van der Waals surface area contributed by atoms with Gasteiger partial charge < -0.3 is 5.73 Å². The summed E-state index contributed by atoms with van der Waals surface area (Å²) < 4.78 is 2.50. The summed E-state index contributed by atoms with van der Waals surface area (Å²) in [5.41, 5.74) is 7.07. The Hall–Kier alpha value is -2.11. The molecule has 1 saturated carbocycles. The molecule has 1 fully saturated rings. The monoisotopic (exact) mass is 246 g/mol. The first-order valence-corrected chi connectivity index (χ1v) is 5.86. The molecule has 0 amide bonds. The average molecular weight is 246 g/mol. The van der Waals surface area contributed by atoms with Crippen molar-refractivity contribution in [2.45, 2.75) is 18.8 Å². The molecule has 0 aliphatic heterocycles. The van der Waals surface area contributed by atoms with Gasteiger partial charge in [0.05, 0.1) is 17.3 Å². The van der Waals surface area contributed by atoms with E-state index in [1.165, 1.54) is 17.8 Å². The largest absolute Gasteiger partial charge is 0.397 e. The Balaban J connectivity index is 2.59. The summed E-state index contributed by atoms with van der Waals surface area (Å²) in [4.78, 5) is 28.2. The van der Waals surface area contributed by atoms with Crippen LogP contribution in [0.25, 0.3) is 11.0 Å². The molecule has 0 unspecified atom stereocenters. The molecule has 0 aromatic carbocycles. The Morgan fingerprint density at radius 3 is 2.56 bits per heavy atom. The Morgan fingerprint density at radius 2 is 1.94 bits per heavy atom. The number of nitrogens with two attached hydrogens (primary N) is 1. The minimum absolute atomic E-state index is 0.310. The molecule has 18 heavy (non-hydrogen) atoms. The van der Waals surface area contributed by atoms with Crippen LogP contribution in [0.3, 0.4) is 0 Å². The normalized spacial score (nSPS) is 15.2. The fraction of sp³-hybridized carbons (Fsp3) is 0.417. The van der Waals surface area contributed by atoms with Gasteiger partial charge in [0.2, 0.25) is 0 Å². The smallest absolute Gasteiger partial charge is 0.332 e. The maximum absolute atomic E-state index is 12.3. The van der Waals surface area contributed by atoms with E-state index in [1.54, 1.807) is 7.05 Å². The quantitative estimate of drug-likeness (QED) is 0.773.